The third-order valence-electron chi connectivity index (χ3n) is 5.00. The maximum Gasteiger partial charge on any atom is 0.227 e. The SMILES string of the molecule is CCOc1ccccc1NC(=O)C1CCN(S(=O)(=O)Cc2ccc(Cl)c(Cl)c2)CC1. The number of rotatable bonds is 7. The van der Waals surface area contributed by atoms with Crippen LogP contribution in [0.3, 0.4) is 0 Å². The van der Waals surface area contributed by atoms with Gasteiger partial charge < -0.3 is 10.1 Å². The molecule has 0 spiro atoms. The fourth-order valence-electron chi connectivity index (χ4n) is 3.41. The highest BCUT2D eigenvalue weighted by Crippen LogP contribution is 2.28. The maximum atomic E-state index is 12.8. The van der Waals surface area contributed by atoms with Gasteiger partial charge in [-0.15, -0.1) is 0 Å². The van der Waals surface area contributed by atoms with Crippen molar-refractivity contribution in [3.8, 4) is 5.75 Å². The minimum atomic E-state index is -3.51. The zero-order valence-corrected chi connectivity index (χ0v) is 18.9. The first-order valence-corrected chi connectivity index (χ1v) is 12.1. The first-order valence-electron chi connectivity index (χ1n) is 9.74. The van der Waals surface area contributed by atoms with Crippen molar-refractivity contribution in [3.05, 3.63) is 58.1 Å². The number of hydrogen-bond acceptors (Lipinski definition) is 4. The second-order valence-corrected chi connectivity index (χ2v) is 9.88. The van der Waals surface area contributed by atoms with Crippen LogP contribution in [0.25, 0.3) is 0 Å². The summed E-state index contributed by atoms with van der Waals surface area (Å²) in [7, 11) is -3.51. The number of benzene rings is 2. The van der Waals surface area contributed by atoms with Gasteiger partial charge in [0.1, 0.15) is 5.75 Å². The molecule has 162 valence electrons. The third kappa shape index (κ3) is 5.66. The molecule has 0 aromatic heterocycles. The lowest BCUT2D eigenvalue weighted by atomic mass is 9.97. The van der Waals surface area contributed by atoms with E-state index < -0.39 is 10.0 Å². The molecule has 1 N–H and O–H groups in total. The Balaban J connectivity index is 1.58. The largest absolute Gasteiger partial charge is 0.492 e. The molecule has 1 aliphatic heterocycles. The number of ether oxygens (including phenoxy) is 1. The normalized spacial score (nSPS) is 15.7. The molecule has 0 aliphatic carbocycles. The van der Waals surface area contributed by atoms with Gasteiger partial charge in [0, 0.05) is 19.0 Å². The van der Waals surface area contributed by atoms with Gasteiger partial charge in [0.05, 0.1) is 28.1 Å². The second-order valence-electron chi connectivity index (χ2n) is 7.10. The summed E-state index contributed by atoms with van der Waals surface area (Å²) in [6.07, 6.45) is 0.923. The molecule has 9 heteroatoms. The highest BCUT2D eigenvalue weighted by Gasteiger charge is 2.31. The van der Waals surface area contributed by atoms with Crippen molar-refractivity contribution in [2.75, 3.05) is 25.0 Å². The van der Waals surface area contributed by atoms with E-state index in [9.17, 15) is 13.2 Å². The van der Waals surface area contributed by atoms with Crippen LogP contribution in [0.5, 0.6) is 5.75 Å². The van der Waals surface area contributed by atoms with Gasteiger partial charge in [0.25, 0.3) is 0 Å². The molecular weight excluding hydrogens is 447 g/mol. The van der Waals surface area contributed by atoms with Crippen molar-refractivity contribution in [3.63, 3.8) is 0 Å². The Morgan fingerprint density at radius 1 is 1.13 bits per heavy atom. The molecule has 2 aromatic carbocycles. The van der Waals surface area contributed by atoms with Gasteiger partial charge >= 0.3 is 0 Å². The van der Waals surface area contributed by atoms with E-state index in [1.54, 1.807) is 30.3 Å². The predicted molar refractivity (Wildman–Crippen MR) is 120 cm³/mol. The van der Waals surface area contributed by atoms with E-state index in [-0.39, 0.29) is 17.6 Å². The number of nitrogens with one attached hydrogen (secondary N) is 1. The van der Waals surface area contributed by atoms with Crippen molar-refractivity contribution in [2.24, 2.45) is 5.92 Å². The lowest BCUT2D eigenvalue weighted by molar-refractivity contribution is -0.120. The molecule has 0 unspecified atom stereocenters. The van der Waals surface area contributed by atoms with Crippen LogP contribution in [0.4, 0.5) is 5.69 Å². The molecule has 1 aliphatic rings. The Morgan fingerprint density at radius 3 is 2.50 bits per heavy atom. The van der Waals surface area contributed by atoms with Gasteiger partial charge in [-0.1, -0.05) is 41.4 Å². The van der Waals surface area contributed by atoms with Crippen molar-refractivity contribution in [1.82, 2.24) is 4.31 Å². The van der Waals surface area contributed by atoms with Gasteiger partial charge in [-0.25, -0.2) is 12.7 Å². The molecule has 3 rings (SSSR count). The highest BCUT2D eigenvalue weighted by atomic mass is 35.5. The van der Waals surface area contributed by atoms with Crippen molar-refractivity contribution in [1.29, 1.82) is 0 Å². The fourth-order valence-corrected chi connectivity index (χ4v) is 5.28. The Bertz CT molecular complexity index is 1010. The number of amides is 1. The minimum Gasteiger partial charge on any atom is -0.492 e. The number of sulfonamides is 1. The first kappa shape index (κ1) is 22.9. The number of halogens is 2. The molecule has 1 fully saturated rings. The minimum absolute atomic E-state index is 0.122. The summed E-state index contributed by atoms with van der Waals surface area (Å²) >= 11 is 11.9. The lowest BCUT2D eigenvalue weighted by Crippen LogP contribution is -2.41. The van der Waals surface area contributed by atoms with Crippen LogP contribution in [0.1, 0.15) is 25.3 Å². The van der Waals surface area contributed by atoms with E-state index in [4.69, 9.17) is 27.9 Å². The summed E-state index contributed by atoms with van der Waals surface area (Å²) in [4.78, 5) is 12.7. The Kier molecular flexibility index (Phi) is 7.63. The van der Waals surface area contributed by atoms with Crippen molar-refractivity contribution < 1.29 is 17.9 Å². The summed E-state index contributed by atoms with van der Waals surface area (Å²) < 4.78 is 32.5. The number of hydrogen-bond donors (Lipinski definition) is 1. The number of anilines is 1. The standard InChI is InChI=1S/C21H24Cl2N2O4S/c1-2-29-20-6-4-3-5-19(20)24-21(26)16-9-11-25(12-10-16)30(27,28)14-15-7-8-17(22)18(23)13-15/h3-8,13,16H,2,9-12,14H2,1H3,(H,24,26). The first-order chi connectivity index (χ1) is 14.3. The van der Waals surface area contributed by atoms with Crippen LogP contribution in [0.2, 0.25) is 10.0 Å². The van der Waals surface area contributed by atoms with Crippen LogP contribution in [-0.4, -0.2) is 38.3 Å². The van der Waals surface area contributed by atoms with Gasteiger partial charge in [-0.3, -0.25) is 4.79 Å². The third-order valence-corrected chi connectivity index (χ3v) is 7.59. The lowest BCUT2D eigenvalue weighted by Gasteiger charge is -2.30. The number of carbonyl (C=O) groups is 1. The molecule has 0 saturated carbocycles. The average molecular weight is 471 g/mol. The van der Waals surface area contributed by atoms with Crippen LogP contribution >= 0.6 is 23.2 Å². The Hall–Kier alpha value is -1.80. The maximum absolute atomic E-state index is 12.8. The summed E-state index contributed by atoms with van der Waals surface area (Å²) in [5.74, 6) is 0.0949. The van der Waals surface area contributed by atoms with Gasteiger partial charge in [0.15, 0.2) is 0 Å². The molecular formula is C21H24Cl2N2O4S. The Labute approximate surface area is 187 Å². The molecule has 0 radical (unpaired) electrons. The van der Waals surface area contributed by atoms with E-state index in [1.165, 1.54) is 4.31 Å². The smallest absolute Gasteiger partial charge is 0.227 e. The van der Waals surface area contributed by atoms with Crippen LogP contribution in [0, 0.1) is 5.92 Å². The van der Waals surface area contributed by atoms with Gasteiger partial charge in [0.2, 0.25) is 15.9 Å². The van der Waals surface area contributed by atoms with Crippen LogP contribution in [0.15, 0.2) is 42.5 Å². The van der Waals surface area contributed by atoms with Gasteiger partial charge in [-0.05, 0) is 49.6 Å². The summed E-state index contributed by atoms with van der Waals surface area (Å²) in [5.41, 5.74) is 1.20. The Morgan fingerprint density at radius 2 is 1.83 bits per heavy atom. The summed E-state index contributed by atoms with van der Waals surface area (Å²) in [5, 5.41) is 3.62. The van der Waals surface area contributed by atoms with E-state index in [0.29, 0.717) is 59.6 Å². The highest BCUT2D eigenvalue weighted by molar-refractivity contribution is 7.88. The quantitative estimate of drug-likeness (QED) is 0.642. The number of nitrogens with zero attached hydrogens (tertiary/aromatic N) is 1. The fraction of sp³-hybridized carbons (Fsp3) is 0.381. The molecule has 30 heavy (non-hydrogen) atoms. The average Bonchev–Trinajstić information content (AvgIpc) is 2.72. The second kappa shape index (κ2) is 10.0. The van der Waals surface area contributed by atoms with E-state index in [1.807, 2.05) is 19.1 Å². The van der Waals surface area contributed by atoms with E-state index >= 15 is 0 Å². The molecule has 0 bridgehead atoms. The number of piperidine rings is 1. The number of para-hydroxylation sites is 2. The molecule has 1 saturated heterocycles. The summed E-state index contributed by atoms with van der Waals surface area (Å²) in [6, 6.07) is 12.1. The van der Waals surface area contributed by atoms with Crippen molar-refractivity contribution >= 4 is 44.8 Å². The van der Waals surface area contributed by atoms with Crippen LogP contribution in [-0.2, 0) is 20.6 Å². The molecule has 0 atom stereocenters. The zero-order chi connectivity index (χ0) is 21.7. The van der Waals surface area contributed by atoms with E-state index in [0.717, 1.165) is 0 Å². The topological polar surface area (TPSA) is 75.7 Å². The van der Waals surface area contributed by atoms with Gasteiger partial charge in [-0.2, -0.15) is 0 Å². The van der Waals surface area contributed by atoms with Crippen LogP contribution < -0.4 is 10.1 Å². The zero-order valence-electron chi connectivity index (χ0n) is 16.6. The molecule has 1 amide bonds. The monoisotopic (exact) mass is 470 g/mol. The molecule has 2 aromatic rings. The molecule has 6 nitrogen and oxygen atoms in total. The number of carbonyl (C=O) groups excluding carboxylic acids is 1. The predicted octanol–water partition coefficient (Wildman–Crippen LogP) is 4.57. The van der Waals surface area contributed by atoms with E-state index in [2.05, 4.69) is 5.32 Å². The molecule has 1 heterocycles. The van der Waals surface area contributed by atoms with Crippen molar-refractivity contribution in [2.45, 2.75) is 25.5 Å². The summed E-state index contributed by atoms with van der Waals surface area (Å²) in [6.45, 7) is 2.98.